The molecule has 186 valence electrons. The molecule has 2 aromatic rings. The second-order valence-electron chi connectivity index (χ2n) is 9.82. The van der Waals surface area contributed by atoms with Crippen molar-refractivity contribution in [1.82, 2.24) is 20.4 Å². The maximum absolute atomic E-state index is 12.9. The predicted octanol–water partition coefficient (Wildman–Crippen LogP) is 4.36. The van der Waals surface area contributed by atoms with Crippen LogP contribution in [0.3, 0.4) is 0 Å². The van der Waals surface area contributed by atoms with Gasteiger partial charge in [0, 0.05) is 36.7 Å². The summed E-state index contributed by atoms with van der Waals surface area (Å²) in [7, 11) is 0. The van der Waals surface area contributed by atoms with Crippen LogP contribution in [0.1, 0.15) is 51.2 Å². The molecule has 2 heterocycles. The van der Waals surface area contributed by atoms with Crippen molar-refractivity contribution < 1.29 is 23.1 Å². The number of carbonyl (C=O) groups excluding carboxylic acids is 1. The van der Waals surface area contributed by atoms with Gasteiger partial charge in [0.05, 0.1) is 11.3 Å². The van der Waals surface area contributed by atoms with E-state index in [2.05, 4.69) is 25.7 Å². The summed E-state index contributed by atoms with van der Waals surface area (Å²) in [6, 6.07) is 4.73. The molecule has 0 spiro atoms. The summed E-state index contributed by atoms with van der Waals surface area (Å²) in [6.07, 6.45) is -2.15. The van der Waals surface area contributed by atoms with E-state index in [1.807, 2.05) is 20.8 Å². The maximum Gasteiger partial charge on any atom is 0.416 e. The standard InChI is InChI=1S/C24H32F3N5O2/c1-15-12-20(30-31-22(15)18-8-7-16(13-19(18)33)24(25,26)27)28-17-6-5-10-32(14-17)11-9-21(34)29-23(2,3)4/h7-8,12-13,17,33H,5-6,9-11,14H2,1-4H3,(H,28,30)(H,29,34)/t17-/m1/s1. The molecule has 1 aliphatic heterocycles. The quantitative estimate of drug-likeness (QED) is 0.571. The molecule has 1 fully saturated rings. The first-order valence-corrected chi connectivity index (χ1v) is 11.4. The van der Waals surface area contributed by atoms with Crippen LogP contribution < -0.4 is 10.6 Å². The van der Waals surface area contributed by atoms with Crippen molar-refractivity contribution in [3.8, 4) is 17.0 Å². The number of amides is 1. The molecule has 0 bridgehead atoms. The molecule has 0 unspecified atom stereocenters. The van der Waals surface area contributed by atoms with E-state index in [0.717, 1.165) is 32.0 Å². The number of aromatic nitrogens is 2. The monoisotopic (exact) mass is 479 g/mol. The predicted molar refractivity (Wildman–Crippen MR) is 124 cm³/mol. The van der Waals surface area contributed by atoms with Crippen LogP contribution in [0.25, 0.3) is 11.3 Å². The van der Waals surface area contributed by atoms with Gasteiger partial charge in [-0.15, -0.1) is 10.2 Å². The molecule has 0 radical (unpaired) electrons. The molecule has 0 aliphatic carbocycles. The third-order valence-electron chi connectivity index (χ3n) is 5.59. The lowest BCUT2D eigenvalue weighted by Gasteiger charge is -2.33. The van der Waals surface area contributed by atoms with Gasteiger partial charge < -0.3 is 20.6 Å². The fourth-order valence-corrected chi connectivity index (χ4v) is 4.06. The smallest absolute Gasteiger partial charge is 0.416 e. The summed E-state index contributed by atoms with van der Waals surface area (Å²) in [4.78, 5) is 14.4. The first-order chi connectivity index (χ1) is 15.8. The van der Waals surface area contributed by atoms with E-state index in [0.29, 0.717) is 36.1 Å². The number of alkyl halides is 3. The normalized spacial score (nSPS) is 17.4. The number of rotatable bonds is 6. The number of nitrogens with one attached hydrogen (secondary N) is 2. The molecule has 34 heavy (non-hydrogen) atoms. The molecule has 1 aliphatic rings. The molecule has 1 atom stereocenters. The number of hydrogen-bond donors (Lipinski definition) is 3. The highest BCUT2D eigenvalue weighted by Gasteiger charge is 2.31. The Labute approximate surface area is 197 Å². The van der Waals surface area contributed by atoms with Crippen LogP contribution in [-0.4, -0.2) is 57.3 Å². The number of nitrogens with zero attached hydrogens (tertiary/aromatic N) is 3. The number of hydrogen-bond acceptors (Lipinski definition) is 6. The van der Waals surface area contributed by atoms with Gasteiger partial charge in [0.15, 0.2) is 0 Å². The second kappa shape index (κ2) is 10.2. The van der Waals surface area contributed by atoms with Crippen LogP contribution in [0.4, 0.5) is 19.0 Å². The Morgan fingerprint density at radius 1 is 1.21 bits per heavy atom. The van der Waals surface area contributed by atoms with Gasteiger partial charge in [0.1, 0.15) is 11.6 Å². The summed E-state index contributed by atoms with van der Waals surface area (Å²) >= 11 is 0. The molecule has 0 saturated carbocycles. The molecule has 1 aromatic heterocycles. The van der Waals surface area contributed by atoms with Crippen molar-refractivity contribution in [2.24, 2.45) is 0 Å². The molecule has 3 N–H and O–H groups in total. The molecule has 1 aromatic carbocycles. The number of phenols is 1. The highest BCUT2D eigenvalue weighted by atomic mass is 19.4. The van der Waals surface area contributed by atoms with Gasteiger partial charge in [-0.2, -0.15) is 13.2 Å². The van der Waals surface area contributed by atoms with Gasteiger partial charge in [0.25, 0.3) is 0 Å². The van der Waals surface area contributed by atoms with Crippen LogP contribution in [0, 0.1) is 6.92 Å². The molecular weight excluding hydrogens is 447 g/mol. The third-order valence-corrected chi connectivity index (χ3v) is 5.59. The SMILES string of the molecule is Cc1cc(N[C@@H]2CCCN(CCC(=O)NC(C)(C)C)C2)nnc1-c1ccc(C(F)(F)F)cc1O. The average Bonchev–Trinajstić information content (AvgIpc) is 2.71. The topological polar surface area (TPSA) is 90.4 Å². The van der Waals surface area contributed by atoms with Crippen molar-refractivity contribution in [2.45, 2.75) is 64.7 Å². The zero-order valence-electron chi connectivity index (χ0n) is 20.0. The minimum Gasteiger partial charge on any atom is -0.507 e. The number of anilines is 1. The number of halogens is 3. The zero-order valence-corrected chi connectivity index (χ0v) is 20.0. The zero-order chi connectivity index (χ0) is 25.1. The lowest BCUT2D eigenvalue weighted by atomic mass is 10.0. The van der Waals surface area contributed by atoms with Gasteiger partial charge in [-0.25, -0.2) is 0 Å². The van der Waals surface area contributed by atoms with E-state index in [-0.39, 0.29) is 23.1 Å². The van der Waals surface area contributed by atoms with Gasteiger partial charge in [-0.3, -0.25) is 4.79 Å². The van der Waals surface area contributed by atoms with Gasteiger partial charge in [-0.1, -0.05) is 0 Å². The van der Waals surface area contributed by atoms with Crippen molar-refractivity contribution in [2.75, 3.05) is 25.0 Å². The second-order valence-corrected chi connectivity index (χ2v) is 9.82. The van der Waals surface area contributed by atoms with Crippen LogP contribution in [0.5, 0.6) is 5.75 Å². The van der Waals surface area contributed by atoms with Gasteiger partial charge >= 0.3 is 6.18 Å². The molecule has 3 rings (SSSR count). The Hall–Kier alpha value is -2.88. The number of aryl methyl sites for hydroxylation is 1. The number of phenolic OH excluding ortho intramolecular Hbond substituents is 1. The Morgan fingerprint density at radius 2 is 1.94 bits per heavy atom. The number of likely N-dealkylation sites (tertiary alicyclic amines) is 1. The first-order valence-electron chi connectivity index (χ1n) is 11.4. The fraction of sp³-hybridized carbons (Fsp3) is 0.542. The minimum absolute atomic E-state index is 0.0335. The third kappa shape index (κ3) is 7.06. The summed E-state index contributed by atoms with van der Waals surface area (Å²) in [6.45, 7) is 10.0. The maximum atomic E-state index is 12.9. The molecule has 10 heteroatoms. The van der Waals surface area contributed by atoms with Crippen LogP contribution in [-0.2, 0) is 11.0 Å². The van der Waals surface area contributed by atoms with E-state index >= 15 is 0 Å². The van der Waals surface area contributed by atoms with Crippen LogP contribution >= 0.6 is 0 Å². The first kappa shape index (κ1) is 25.7. The van der Waals surface area contributed by atoms with E-state index in [4.69, 9.17) is 0 Å². The van der Waals surface area contributed by atoms with Gasteiger partial charge in [-0.05, 0) is 76.9 Å². The minimum atomic E-state index is -4.53. The average molecular weight is 480 g/mol. The van der Waals surface area contributed by atoms with E-state index < -0.39 is 17.5 Å². The number of benzene rings is 1. The summed E-state index contributed by atoms with van der Waals surface area (Å²) < 4.78 is 38.6. The Morgan fingerprint density at radius 3 is 2.56 bits per heavy atom. The van der Waals surface area contributed by atoms with Crippen molar-refractivity contribution >= 4 is 11.7 Å². The van der Waals surface area contributed by atoms with Crippen molar-refractivity contribution in [3.63, 3.8) is 0 Å². The lowest BCUT2D eigenvalue weighted by molar-refractivity contribution is -0.137. The van der Waals surface area contributed by atoms with Crippen LogP contribution in [0.2, 0.25) is 0 Å². The Kier molecular flexibility index (Phi) is 7.70. The molecule has 7 nitrogen and oxygen atoms in total. The summed E-state index contributed by atoms with van der Waals surface area (Å²) in [5, 5.41) is 24.8. The highest BCUT2D eigenvalue weighted by Crippen LogP contribution is 2.36. The van der Waals surface area contributed by atoms with Crippen LogP contribution in [0.15, 0.2) is 24.3 Å². The van der Waals surface area contributed by atoms with Crippen molar-refractivity contribution in [1.29, 1.82) is 0 Å². The van der Waals surface area contributed by atoms with E-state index in [9.17, 15) is 23.1 Å². The van der Waals surface area contributed by atoms with Gasteiger partial charge in [0.2, 0.25) is 5.91 Å². The molecule has 1 amide bonds. The number of carbonyl (C=O) groups is 1. The van der Waals surface area contributed by atoms with E-state index in [1.165, 1.54) is 6.07 Å². The fourth-order valence-electron chi connectivity index (χ4n) is 4.06. The van der Waals surface area contributed by atoms with E-state index in [1.54, 1.807) is 13.0 Å². The Bertz CT molecular complexity index is 1020. The summed E-state index contributed by atoms with van der Waals surface area (Å²) in [5.74, 6) is 0.0995. The van der Waals surface area contributed by atoms with Crippen molar-refractivity contribution in [3.05, 3.63) is 35.4 Å². The molecule has 1 saturated heterocycles. The number of piperidine rings is 1. The number of aromatic hydroxyl groups is 1. The summed E-state index contributed by atoms with van der Waals surface area (Å²) in [5.41, 5.74) is 0.0337. The Balaban J connectivity index is 1.61. The molecular formula is C24H32F3N5O2. The largest absolute Gasteiger partial charge is 0.507 e. The highest BCUT2D eigenvalue weighted by molar-refractivity contribution is 5.76. The lowest BCUT2D eigenvalue weighted by Crippen LogP contribution is -2.45.